The lowest BCUT2D eigenvalue weighted by Gasteiger charge is -2.35. The van der Waals surface area contributed by atoms with Crippen LogP contribution in [0.1, 0.15) is 43.1 Å². The summed E-state index contributed by atoms with van der Waals surface area (Å²) in [5.74, 6) is 1.40. The molecular weight excluding hydrogens is 478 g/mol. The number of hydrogen-bond acceptors (Lipinski definition) is 7. The Hall–Kier alpha value is -3.36. The summed E-state index contributed by atoms with van der Waals surface area (Å²) in [7, 11) is 3.31. The molecule has 2 aliphatic heterocycles. The van der Waals surface area contributed by atoms with Crippen LogP contribution in [-0.4, -0.2) is 30.2 Å². The van der Waals surface area contributed by atoms with Crippen LogP contribution in [0.3, 0.4) is 0 Å². The molecule has 4 atom stereocenters. The number of rotatable bonds is 6. The molecule has 0 saturated heterocycles. The Balaban J connectivity index is 1.48. The summed E-state index contributed by atoms with van der Waals surface area (Å²) in [6, 6.07) is 14.8. The highest BCUT2D eigenvalue weighted by Gasteiger charge is 2.51. The van der Waals surface area contributed by atoms with Crippen molar-refractivity contribution in [3.05, 3.63) is 80.9 Å². The van der Waals surface area contributed by atoms with E-state index in [1.54, 1.807) is 39.3 Å². The highest BCUT2D eigenvalue weighted by Crippen LogP contribution is 2.62. The Kier molecular flexibility index (Phi) is 5.53. The number of Topliss-reactive ketones (excluding diaryl/α,β-unsaturated/α-hetero) is 1. The van der Waals surface area contributed by atoms with E-state index in [1.807, 2.05) is 12.1 Å². The van der Waals surface area contributed by atoms with E-state index >= 15 is 0 Å². The Morgan fingerprint density at radius 1 is 1.03 bits per heavy atom. The first-order valence-electron chi connectivity index (χ1n) is 11.9. The van der Waals surface area contributed by atoms with E-state index < -0.39 is 0 Å². The van der Waals surface area contributed by atoms with Gasteiger partial charge in [-0.15, -0.1) is 11.8 Å². The minimum absolute atomic E-state index is 0.0600. The number of methoxy groups -OCH3 is 2. The van der Waals surface area contributed by atoms with E-state index in [0.29, 0.717) is 11.3 Å². The molecule has 0 amide bonds. The van der Waals surface area contributed by atoms with Gasteiger partial charge in [-0.05, 0) is 72.4 Å². The molecule has 0 radical (unpaired) electrons. The number of nitro groups is 1. The highest BCUT2D eigenvalue weighted by molar-refractivity contribution is 8.00. The maximum Gasteiger partial charge on any atom is 0.282 e. The Morgan fingerprint density at radius 3 is 2.28 bits per heavy atom. The van der Waals surface area contributed by atoms with Crippen LogP contribution < -0.4 is 9.47 Å². The number of fused-ring (bicyclic) bond motifs is 8. The third kappa shape index (κ3) is 3.35. The topological polar surface area (TPSA) is 87.9 Å². The summed E-state index contributed by atoms with van der Waals surface area (Å²) in [5, 5.41) is 13.4. The number of carbonyl (C=O) groups excluding carboxylic acids is 1. The fourth-order valence-electron chi connectivity index (χ4n) is 5.99. The molecule has 3 aliphatic rings. The van der Waals surface area contributed by atoms with E-state index in [2.05, 4.69) is 12.1 Å². The average molecular weight is 504 g/mol. The van der Waals surface area contributed by atoms with Gasteiger partial charge in [-0.3, -0.25) is 14.9 Å². The fraction of sp³-hybridized carbons (Fsp3) is 0.321. The molecule has 0 fully saturated rings. The van der Waals surface area contributed by atoms with Crippen molar-refractivity contribution in [3.63, 3.8) is 0 Å². The van der Waals surface area contributed by atoms with Crippen LogP contribution in [0, 0.1) is 16.0 Å². The van der Waals surface area contributed by atoms with Crippen LogP contribution in [-0.2, 0) is 9.53 Å². The molecule has 2 heterocycles. The number of nitro benzene ring substituents is 1. The SMILES string of the molecule is COc1ccc(OC)c2cc3c(cc12)[C@@H]1O[C@H]3C2=C1CC[C@H](C(C)=O)[C@H]2Sc1ccccc1[N+](=O)[O-]. The molecule has 6 rings (SSSR count). The first-order valence-corrected chi connectivity index (χ1v) is 12.8. The molecule has 3 aromatic carbocycles. The highest BCUT2D eigenvalue weighted by atomic mass is 32.2. The summed E-state index contributed by atoms with van der Waals surface area (Å²) < 4.78 is 17.8. The molecule has 0 saturated carbocycles. The van der Waals surface area contributed by atoms with Crippen molar-refractivity contribution in [1.29, 1.82) is 0 Å². The van der Waals surface area contributed by atoms with Gasteiger partial charge in [0.2, 0.25) is 0 Å². The second-order valence-corrected chi connectivity index (χ2v) is 10.6. The predicted octanol–water partition coefficient (Wildman–Crippen LogP) is 6.35. The number of nitrogens with zero attached hydrogens (tertiary/aromatic N) is 1. The molecule has 0 spiro atoms. The van der Waals surface area contributed by atoms with Gasteiger partial charge in [0, 0.05) is 28.0 Å². The summed E-state index contributed by atoms with van der Waals surface area (Å²) in [6.07, 6.45) is 1.02. The number of ketones is 1. The lowest BCUT2D eigenvalue weighted by molar-refractivity contribution is -0.387. The molecule has 36 heavy (non-hydrogen) atoms. The standard InChI is InChI=1S/C28H25NO6S/c1-14(30)15-8-9-16-25(28(15)36-24-7-5-4-6-21(24)29(31)32)27-20-13-18-17(12-19(20)26(16)35-27)22(33-2)10-11-23(18)34-3/h4-7,10-13,15,26-28H,8-9H2,1-3H3/t15-,26-,27-,28-/m1/s1. The van der Waals surface area contributed by atoms with Crippen LogP contribution >= 0.6 is 11.8 Å². The van der Waals surface area contributed by atoms with E-state index in [1.165, 1.54) is 23.4 Å². The maximum atomic E-state index is 12.7. The van der Waals surface area contributed by atoms with Crippen LogP contribution in [0.5, 0.6) is 11.5 Å². The zero-order chi connectivity index (χ0) is 25.1. The quantitative estimate of drug-likeness (QED) is 0.220. The molecule has 7 nitrogen and oxygen atoms in total. The van der Waals surface area contributed by atoms with Gasteiger partial charge in [0.1, 0.15) is 29.5 Å². The van der Waals surface area contributed by atoms with Gasteiger partial charge in [-0.25, -0.2) is 0 Å². The lowest BCUT2D eigenvalue weighted by atomic mass is 9.73. The van der Waals surface area contributed by atoms with E-state index in [9.17, 15) is 14.9 Å². The zero-order valence-corrected chi connectivity index (χ0v) is 21.0. The minimum Gasteiger partial charge on any atom is -0.496 e. The smallest absolute Gasteiger partial charge is 0.282 e. The summed E-state index contributed by atoms with van der Waals surface area (Å²) in [5.41, 5.74) is 4.55. The van der Waals surface area contributed by atoms with Crippen LogP contribution in [0.25, 0.3) is 10.8 Å². The molecule has 1 aliphatic carbocycles. The molecule has 184 valence electrons. The van der Waals surface area contributed by atoms with E-state index in [0.717, 1.165) is 45.4 Å². The molecule has 3 aromatic rings. The molecule has 0 unspecified atom stereocenters. The van der Waals surface area contributed by atoms with Crippen molar-refractivity contribution >= 4 is 34.0 Å². The van der Waals surface area contributed by atoms with Crippen molar-refractivity contribution in [2.75, 3.05) is 14.2 Å². The first-order chi connectivity index (χ1) is 17.4. The second kappa shape index (κ2) is 8.64. The number of para-hydroxylation sites is 1. The van der Waals surface area contributed by atoms with Crippen molar-refractivity contribution in [2.45, 2.75) is 42.1 Å². The summed E-state index contributed by atoms with van der Waals surface area (Å²) in [6.45, 7) is 1.62. The van der Waals surface area contributed by atoms with E-state index in [-0.39, 0.29) is 39.8 Å². The molecule has 8 heteroatoms. The molecule has 0 aromatic heterocycles. The third-order valence-corrected chi connectivity index (χ3v) is 9.06. The maximum absolute atomic E-state index is 12.7. The first kappa shape index (κ1) is 23.1. The lowest BCUT2D eigenvalue weighted by Crippen LogP contribution is -2.32. The number of carbonyl (C=O) groups is 1. The average Bonchev–Trinajstić information content (AvgIpc) is 3.44. The molecular formula is C28H25NO6S. The van der Waals surface area contributed by atoms with Gasteiger partial charge in [0.05, 0.1) is 24.0 Å². The fourth-order valence-corrected chi connectivity index (χ4v) is 7.58. The normalized spacial score (nSPS) is 24.0. The number of benzene rings is 3. The largest absolute Gasteiger partial charge is 0.496 e. The van der Waals surface area contributed by atoms with E-state index in [4.69, 9.17) is 14.2 Å². The van der Waals surface area contributed by atoms with Crippen LogP contribution in [0.2, 0.25) is 0 Å². The van der Waals surface area contributed by atoms with Crippen molar-refractivity contribution in [2.24, 2.45) is 5.92 Å². The van der Waals surface area contributed by atoms with Gasteiger partial charge in [0.15, 0.2) is 0 Å². The Labute approximate surface area is 212 Å². The van der Waals surface area contributed by atoms with Gasteiger partial charge in [-0.1, -0.05) is 12.1 Å². The number of thioether (sulfide) groups is 1. The monoisotopic (exact) mass is 503 g/mol. The summed E-state index contributed by atoms with van der Waals surface area (Å²) in [4.78, 5) is 24.7. The van der Waals surface area contributed by atoms with Gasteiger partial charge in [-0.2, -0.15) is 0 Å². The number of hydrogen-bond donors (Lipinski definition) is 0. The molecule has 2 bridgehead atoms. The second-order valence-electron chi connectivity index (χ2n) is 9.39. The van der Waals surface area contributed by atoms with Gasteiger partial charge in [0.25, 0.3) is 5.69 Å². The van der Waals surface area contributed by atoms with Crippen molar-refractivity contribution in [1.82, 2.24) is 0 Å². The van der Waals surface area contributed by atoms with Crippen molar-refractivity contribution in [3.8, 4) is 11.5 Å². The van der Waals surface area contributed by atoms with Gasteiger partial charge >= 0.3 is 0 Å². The Morgan fingerprint density at radius 2 is 1.67 bits per heavy atom. The van der Waals surface area contributed by atoms with Crippen LogP contribution in [0.4, 0.5) is 5.69 Å². The van der Waals surface area contributed by atoms with Crippen LogP contribution in [0.15, 0.2) is 64.6 Å². The number of ether oxygens (including phenoxy) is 3. The van der Waals surface area contributed by atoms with Gasteiger partial charge < -0.3 is 14.2 Å². The molecule has 0 N–H and O–H groups in total. The minimum atomic E-state index is -0.359. The summed E-state index contributed by atoms with van der Waals surface area (Å²) >= 11 is 1.42. The third-order valence-electron chi connectivity index (χ3n) is 7.62. The predicted molar refractivity (Wildman–Crippen MR) is 137 cm³/mol. The zero-order valence-electron chi connectivity index (χ0n) is 20.1. The van der Waals surface area contributed by atoms with Crippen molar-refractivity contribution < 1.29 is 23.9 Å². The Bertz CT molecular complexity index is 1460.